The molecule has 2 aromatic rings. The van der Waals surface area contributed by atoms with Crippen LogP contribution in [0, 0.1) is 0 Å². The molecule has 0 aliphatic heterocycles. The summed E-state index contributed by atoms with van der Waals surface area (Å²) in [7, 11) is 0. The molecule has 0 saturated heterocycles. The van der Waals surface area contributed by atoms with Gasteiger partial charge in [0.2, 0.25) is 0 Å². The summed E-state index contributed by atoms with van der Waals surface area (Å²) in [5.74, 6) is -0.902. The lowest BCUT2D eigenvalue weighted by Crippen LogP contribution is -1.89. The minimum atomic E-state index is -0.902. The molecule has 0 saturated carbocycles. The third kappa shape index (κ3) is 2.75. The first-order valence-corrected chi connectivity index (χ1v) is 6.34. The Bertz CT molecular complexity index is 510. The molecule has 0 bridgehead atoms. The number of carbonyl (C=O) groups is 1. The standard InChI is InChI=1S/C10H6ClNO2S2/c11-6-1-2-9(12-4-6)16-7-3-8(10(13)14)15-5-7/h1-5H,(H,13,14). The Hall–Kier alpha value is -1.04. The van der Waals surface area contributed by atoms with Gasteiger partial charge in [-0.25, -0.2) is 9.78 Å². The lowest BCUT2D eigenvalue weighted by atomic mass is 10.5. The Morgan fingerprint density at radius 3 is 2.88 bits per heavy atom. The van der Waals surface area contributed by atoms with Crippen LogP contribution < -0.4 is 0 Å². The van der Waals surface area contributed by atoms with E-state index in [1.807, 2.05) is 0 Å². The van der Waals surface area contributed by atoms with Crippen molar-refractivity contribution in [3.05, 3.63) is 39.7 Å². The molecule has 2 heterocycles. The van der Waals surface area contributed by atoms with Crippen molar-refractivity contribution in [2.24, 2.45) is 0 Å². The maximum absolute atomic E-state index is 10.7. The first kappa shape index (κ1) is 11.4. The van der Waals surface area contributed by atoms with E-state index in [1.54, 1.807) is 29.8 Å². The van der Waals surface area contributed by atoms with Crippen LogP contribution in [0.1, 0.15) is 9.67 Å². The molecule has 0 radical (unpaired) electrons. The molecule has 0 aliphatic carbocycles. The number of halogens is 1. The average Bonchev–Trinajstić information content (AvgIpc) is 2.70. The molecule has 0 aromatic carbocycles. The second kappa shape index (κ2) is 4.86. The highest BCUT2D eigenvalue weighted by molar-refractivity contribution is 7.99. The minimum absolute atomic E-state index is 0.330. The fourth-order valence-corrected chi connectivity index (χ4v) is 2.82. The van der Waals surface area contributed by atoms with Gasteiger partial charge in [-0.05, 0) is 18.2 Å². The third-order valence-electron chi connectivity index (χ3n) is 1.71. The van der Waals surface area contributed by atoms with E-state index in [1.165, 1.54) is 23.1 Å². The van der Waals surface area contributed by atoms with Gasteiger partial charge >= 0.3 is 5.97 Å². The fraction of sp³-hybridized carbons (Fsp3) is 0. The Kier molecular flexibility index (Phi) is 3.48. The van der Waals surface area contributed by atoms with E-state index < -0.39 is 5.97 Å². The number of nitrogens with zero attached hydrogens (tertiary/aromatic N) is 1. The Morgan fingerprint density at radius 2 is 2.31 bits per heavy atom. The van der Waals surface area contributed by atoms with Crippen LogP contribution in [0.4, 0.5) is 0 Å². The fourth-order valence-electron chi connectivity index (χ4n) is 1.03. The highest BCUT2D eigenvalue weighted by atomic mass is 35.5. The topological polar surface area (TPSA) is 50.2 Å². The van der Waals surface area contributed by atoms with E-state index in [4.69, 9.17) is 16.7 Å². The lowest BCUT2D eigenvalue weighted by molar-refractivity contribution is 0.0702. The van der Waals surface area contributed by atoms with Crippen molar-refractivity contribution in [3.8, 4) is 0 Å². The molecule has 2 rings (SSSR count). The van der Waals surface area contributed by atoms with Crippen LogP contribution in [-0.4, -0.2) is 16.1 Å². The van der Waals surface area contributed by atoms with E-state index in [0.717, 1.165) is 9.92 Å². The molecule has 0 fully saturated rings. The molecular formula is C10H6ClNO2S2. The van der Waals surface area contributed by atoms with E-state index in [2.05, 4.69) is 4.98 Å². The van der Waals surface area contributed by atoms with E-state index >= 15 is 0 Å². The number of aromatic nitrogens is 1. The van der Waals surface area contributed by atoms with E-state index in [0.29, 0.717) is 9.90 Å². The highest BCUT2D eigenvalue weighted by Gasteiger charge is 2.08. The largest absolute Gasteiger partial charge is 0.477 e. The molecule has 0 unspecified atom stereocenters. The molecule has 0 atom stereocenters. The number of hydrogen-bond acceptors (Lipinski definition) is 4. The molecule has 1 N–H and O–H groups in total. The lowest BCUT2D eigenvalue weighted by Gasteiger charge is -1.96. The SMILES string of the molecule is O=C(O)c1cc(Sc2ccc(Cl)cn2)cs1. The summed E-state index contributed by atoms with van der Waals surface area (Å²) in [6, 6.07) is 5.18. The maximum atomic E-state index is 10.7. The predicted octanol–water partition coefficient (Wildman–Crippen LogP) is 3.65. The molecule has 3 nitrogen and oxygen atoms in total. The van der Waals surface area contributed by atoms with Crippen molar-refractivity contribution in [1.82, 2.24) is 4.98 Å². The van der Waals surface area contributed by atoms with Crippen molar-refractivity contribution < 1.29 is 9.90 Å². The van der Waals surface area contributed by atoms with Gasteiger partial charge in [-0.15, -0.1) is 11.3 Å². The summed E-state index contributed by atoms with van der Waals surface area (Å²) in [4.78, 5) is 16.0. The van der Waals surface area contributed by atoms with Crippen molar-refractivity contribution >= 4 is 40.7 Å². The maximum Gasteiger partial charge on any atom is 0.345 e. The van der Waals surface area contributed by atoms with Crippen molar-refractivity contribution in [2.75, 3.05) is 0 Å². The van der Waals surface area contributed by atoms with E-state index in [9.17, 15) is 4.79 Å². The van der Waals surface area contributed by atoms with Gasteiger partial charge in [0.25, 0.3) is 0 Å². The van der Waals surface area contributed by atoms with Crippen LogP contribution >= 0.6 is 34.7 Å². The molecule has 6 heteroatoms. The second-order valence-corrected chi connectivity index (χ2v) is 5.31. The average molecular weight is 272 g/mol. The molecule has 0 aliphatic rings. The van der Waals surface area contributed by atoms with Gasteiger partial charge < -0.3 is 5.11 Å². The zero-order valence-corrected chi connectivity index (χ0v) is 10.3. The molecular weight excluding hydrogens is 266 g/mol. The van der Waals surface area contributed by atoms with Gasteiger partial charge in [-0.2, -0.15) is 0 Å². The summed E-state index contributed by atoms with van der Waals surface area (Å²) in [5, 5.41) is 11.9. The minimum Gasteiger partial charge on any atom is -0.477 e. The predicted molar refractivity (Wildman–Crippen MR) is 64.6 cm³/mol. The highest BCUT2D eigenvalue weighted by Crippen LogP contribution is 2.30. The summed E-state index contributed by atoms with van der Waals surface area (Å²) < 4.78 is 0. The smallest absolute Gasteiger partial charge is 0.345 e. The molecule has 82 valence electrons. The first-order valence-electron chi connectivity index (χ1n) is 4.26. The van der Waals surface area contributed by atoms with Crippen LogP contribution in [-0.2, 0) is 0 Å². The number of carboxylic acid groups (broad SMARTS) is 1. The molecule has 2 aromatic heterocycles. The van der Waals surface area contributed by atoms with Crippen LogP contribution in [0.2, 0.25) is 5.02 Å². The van der Waals surface area contributed by atoms with Gasteiger partial charge in [0, 0.05) is 16.5 Å². The Labute approximate surface area is 105 Å². The summed E-state index contributed by atoms with van der Waals surface area (Å²) in [6.45, 7) is 0. The zero-order chi connectivity index (χ0) is 11.5. The monoisotopic (exact) mass is 271 g/mol. The van der Waals surface area contributed by atoms with Crippen LogP contribution in [0.25, 0.3) is 0 Å². The number of aromatic carboxylic acids is 1. The van der Waals surface area contributed by atoms with Crippen molar-refractivity contribution in [1.29, 1.82) is 0 Å². The van der Waals surface area contributed by atoms with Gasteiger partial charge in [0.1, 0.15) is 9.90 Å². The number of rotatable bonds is 3. The van der Waals surface area contributed by atoms with Gasteiger partial charge in [0.05, 0.1) is 5.02 Å². The number of carboxylic acids is 1. The zero-order valence-electron chi connectivity index (χ0n) is 7.88. The third-order valence-corrected chi connectivity index (χ3v) is 3.92. The Morgan fingerprint density at radius 1 is 1.50 bits per heavy atom. The second-order valence-electron chi connectivity index (χ2n) is 2.87. The normalized spacial score (nSPS) is 10.3. The summed E-state index contributed by atoms with van der Waals surface area (Å²) >= 11 is 8.33. The van der Waals surface area contributed by atoms with Crippen LogP contribution in [0.5, 0.6) is 0 Å². The van der Waals surface area contributed by atoms with Gasteiger partial charge in [-0.3, -0.25) is 0 Å². The van der Waals surface area contributed by atoms with Gasteiger partial charge in [0.15, 0.2) is 0 Å². The molecule has 16 heavy (non-hydrogen) atoms. The Balaban J connectivity index is 2.14. The van der Waals surface area contributed by atoms with Gasteiger partial charge in [-0.1, -0.05) is 23.4 Å². The number of pyridine rings is 1. The van der Waals surface area contributed by atoms with Crippen LogP contribution in [0.15, 0.2) is 39.7 Å². The first-order chi connectivity index (χ1) is 7.65. The van der Waals surface area contributed by atoms with Crippen molar-refractivity contribution in [3.63, 3.8) is 0 Å². The number of hydrogen-bond donors (Lipinski definition) is 1. The quantitative estimate of drug-likeness (QED) is 0.926. The molecule has 0 spiro atoms. The summed E-state index contributed by atoms with van der Waals surface area (Å²) in [5.41, 5.74) is 0. The van der Waals surface area contributed by atoms with Crippen molar-refractivity contribution in [2.45, 2.75) is 9.92 Å². The molecule has 0 amide bonds. The van der Waals surface area contributed by atoms with Crippen LogP contribution in [0.3, 0.4) is 0 Å². The van der Waals surface area contributed by atoms with E-state index in [-0.39, 0.29) is 0 Å². The summed E-state index contributed by atoms with van der Waals surface area (Å²) in [6.07, 6.45) is 1.56. The number of thiophene rings is 1.